The van der Waals surface area contributed by atoms with Crippen molar-refractivity contribution in [3.05, 3.63) is 65.5 Å². The summed E-state index contributed by atoms with van der Waals surface area (Å²) < 4.78 is 5.32. The lowest BCUT2D eigenvalue weighted by molar-refractivity contribution is 0.414. The Labute approximate surface area is 154 Å². The van der Waals surface area contributed by atoms with Crippen LogP contribution in [-0.2, 0) is 12.8 Å². The van der Waals surface area contributed by atoms with Gasteiger partial charge in [0.2, 0.25) is 0 Å². The maximum absolute atomic E-state index is 5.32. The maximum atomic E-state index is 5.32. The Morgan fingerprint density at radius 2 is 1.92 bits per heavy atom. The van der Waals surface area contributed by atoms with Crippen LogP contribution in [-0.4, -0.2) is 23.6 Å². The number of aryl methyl sites for hydroxylation is 2. The van der Waals surface area contributed by atoms with Gasteiger partial charge < -0.3 is 4.74 Å². The Morgan fingerprint density at radius 3 is 2.85 bits per heavy atom. The predicted molar refractivity (Wildman–Crippen MR) is 106 cm³/mol. The highest BCUT2D eigenvalue weighted by molar-refractivity contribution is 6.13. The molecule has 1 aliphatic carbocycles. The van der Waals surface area contributed by atoms with Crippen molar-refractivity contribution in [2.75, 3.05) is 7.11 Å². The highest BCUT2D eigenvalue weighted by atomic mass is 16.5. The summed E-state index contributed by atoms with van der Waals surface area (Å²) >= 11 is 0. The van der Waals surface area contributed by atoms with E-state index in [0.717, 1.165) is 47.9 Å². The average molecular weight is 345 g/mol. The number of allylic oxidation sites excluding steroid dienone is 2. The molecule has 0 radical (unpaired) electrons. The third kappa shape index (κ3) is 3.74. The Hall–Kier alpha value is -2.75. The summed E-state index contributed by atoms with van der Waals surface area (Å²) in [7, 11) is 1.66. The SMILES string of the molecule is COc1ccnc(C2=NC(=Nc3ccc4c(c3)CCC4)CCCC=C2)c1. The first-order valence-electron chi connectivity index (χ1n) is 9.27. The summed E-state index contributed by atoms with van der Waals surface area (Å²) in [6, 6.07) is 10.3. The topological polar surface area (TPSA) is 46.8 Å². The number of nitrogens with zero attached hydrogens (tertiary/aromatic N) is 3. The van der Waals surface area contributed by atoms with Gasteiger partial charge in [-0.05, 0) is 67.5 Å². The van der Waals surface area contributed by atoms with Crippen LogP contribution in [0.15, 0.2) is 58.7 Å². The molecule has 4 nitrogen and oxygen atoms in total. The standard InChI is InChI=1S/C22H23N3O/c1-26-19-12-13-23-21(15-19)20-8-3-2-4-9-22(25-20)24-18-11-10-16-6-5-7-17(16)14-18/h3,8,10-15H,2,4-7,9H2,1H3. The van der Waals surface area contributed by atoms with Gasteiger partial charge in [-0.1, -0.05) is 12.1 Å². The Bertz CT molecular complexity index is 896. The summed E-state index contributed by atoms with van der Waals surface area (Å²) in [5, 5.41) is 0. The number of methoxy groups -OCH3 is 1. The number of fused-ring (bicyclic) bond motifs is 1. The summed E-state index contributed by atoms with van der Waals surface area (Å²) in [5.41, 5.74) is 5.56. The lowest BCUT2D eigenvalue weighted by Crippen LogP contribution is -2.07. The minimum Gasteiger partial charge on any atom is -0.497 e. The van der Waals surface area contributed by atoms with E-state index in [0.29, 0.717) is 0 Å². The van der Waals surface area contributed by atoms with Gasteiger partial charge in [0.05, 0.1) is 24.2 Å². The Kier molecular flexibility index (Phi) is 4.91. The number of amidine groups is 1. The molecule has 132 valence electrons. The minimum atomic E-state index is 0.783. The number of aromatic nitrogens is 1. The molecule has 0 amide bonds. The molecule has 1 aromatic heterocycles. The zero-order valence-corrected chi connectivity index (χ0v) is 15.1. The lowest BCUT2D eigenvalue weighted by atomic mass is 10.1. The van der Waals surface area contributed by atoms with Crippen molar-refractivity contribution in [1.82, 2.24) is 4.98 Å². The monoisotopic (exact) mass is 345 g/mol. The number of pyridine rings is 1. The van der Waals surface area contributed by atoms with Crippen molar-refractivity contribution >= 4 is 17.2 Å². The summed E-state index contributed by atoms with van der Waals surface area (Å²) in [4.78, 5) is 14.1. The first-order valence-corrected chi connectivity index (χ1v) is 9.27. The quantitative estimate of drug-likeness (QED) is 0.799. The second-order valence-electron chi connectivity index (χ2n) is 6.71. The van der Waals surface area contributed by atoms with Crippen molar-refractivity contribution in [2.24, 2.45) is 9.98 Å². The van der Waals surface area contributed by atoms with Gasteiger partial charge in [-0.25, -0.2) is 9.98 Å². The van der Waals surface area contributed by atoms with Gasteiger partial charge in [0, 0.05) is 18.7 Å². The Morgan fingerprint density at radius 1 is 1.00 bits per heavy atom. The average Bonchev–Trinajstić information content (AvgIpc) is 3.11. The number of benzene rings is 1. The van der Waals surface area contributed by atoms with Crippen LogP contribution in [0, 0.1) is 0 Å². The maximum Gasteiger partial charge on any atom is 0.129 e. The van der Waals surface area contributed by atoms with E-state index >= 15 is 0 Å². The van der Waals surface area contributed by atoms with Crippen LogP contribution in [0.3, 0.4) is 0 Å². The molecular weight excluding hydrogens is 322 g/mol. The lowest BCUT2D eigenvalue weighted by Gasteiger charge is -2.09. The van der Waals surface area contributed by atoms with Gasteiger partial charge in [0.1, 0.15) is 11.6 Å². The molecule has 1 aliphatic heterocycles. The normalized spacial score (nSPS) is 18.2. The largest absolute Gasteiger partial charge is 0.497 e. The Balaban J connectivity index is 1.69. The van der Waals surface area contributed by atoms with Crippen LogP contribution in [0.2, 0.25) is 0 Å². The third-order valence-electron chi connectivity index (χ3n) is 4.87. The molecule has 0 fully saturated rings. The molecule has 0 atom stereocenters. The second kappa shape index (κ2) is 7.65. The summed E-state index contributed by atoms with van der Waals surface area (Å²) in [6.07, 6.45) is 12.5. The molecule has 0 saturated carbocycles. The van der Waals surface area contributed by atoms with Crippen LogP contribution < -0.4 is 4.74 Å². The first kappa shape index (κ1) is 16.7. The molecule has 2 aliphatic rings. The highest BCUT2D eigenvalue weighted by Gasteiger charge is 2.12. The van der Waals surface area contributed by atoms with Crippen LogP contribution in [0.5, 0.6) is 5.75 Å². The van der Waals surface area contributed by atoms with E-state index in [9.17, 15) is 0 Å². The molecule has 2 aromatic rings. The summed E-state index contributed by atoms with van der Waals surface area (Å²) in [5.74, 6) is 1.65. The first-order chi connectivity index (χ1) is 12.8. The zero-order chi connectivity index (χ0) is 17.8. The van der Waals surface area contributed by atoms with E-state index in [2.05, 4.69) is 29.3 Å². The molecule has 0 unspecified atom stereocenters. The molecule has 0 bridgehead atoms. The number of hydrogen-bond acceptors (Lipinski definition) is 3. The fourth-order valence-corrected chi connectivity index (χ4v) is 3.48. The molecule has 0 N–H and O–H groups in total. The molecule has 2 heterocycles. The van der Waals surface area contributed by atoms with Crippen molar-refractivity contribution in [1.29, 1.82) is 0 Å². The van der Waals surface area contributed by atoms with Crippen LogP contribution >= 0.6 is 0 Å². The zero-order valence-electron chi connectivity index (χ0n) is 15.1. The van der Waals surface area contributed by atoms with Gasteiger partial charge in [-0.2, -0.15) is 0 Å². The van der Waals surface area contributed by atoms with E-state index in [-0.39, 0.29) is 0 Å². The van der Waals surface area contributed by atoms with Crippen LogP contribution in [0.25, 0.3) is 0 Å². The van der Waals surface area contributed by atoms with Crippen molar-refractivity contribution in [3.63, 3.8) is 0 Å². The molecule has 0 saturated heterocycles. The van der Waals surface area contributed by atoms with Gasteiger partial charge in [-0.15, -0.1) is 0 Å². The number of aliphatic imine (C=N–C) groups is 2. The van der Waals surface area contributed by atoms with Gasteiger partial charge in [0.15, 0.2) is 0 Å². The summed E-state index contributed by atoms with van der Waals surface area (Å²) in [6.45, 7) is 0. The van der Waals surface area contributed by atoms with Crippen LogP contribution in [0.4, 0.5) is 5.69 Å². The van der Waals surface area contributed by atoms with Crippen molar-refractivity contribution < 1.29 is 4.74 Å². The van der Waals surface area contributed by atoms with Crippen molar-refractivity contribution in [3.8, 4) is 5.75 Å². The molecular formula is C22H23N3O. The number of hydrogen-bond donors (Lipinski definition) is 0. The van der Waals surface area contributed by atoms with Crippen molar-refractivity contribution in [2.45, 2.75) is 38.5 Å². The molecule has 4 heteroatoms. The smallest absolute Gasteiger partial charge is 0.129 e. The van der Waals surface area contributed by atoms with Gasteiger partial charge in [-0.3, -0.25) is 4.98 Å². The molecule has 26 heavy (non-hydrogen) atoms. The van der Waals surface area contributed by atoms with E-state index < -0.39 is 0 Å². The van der Waals surface area contributed by atoms with E-state index in [4.69, 9.17) is 14.7 Å². The third-order valence-corrected chi connectivity index (χ3v) is 4.87. The second-order valence-corrected chi connectivity index (χ2v) is 6.71. The highest BCUT2D eigenvalue weighted by Crippen LogP contribution is 2.27. The fourth-order valence-electron chi connectivity index (χ4n) is 3.48. The molecule has 4 rings (SSSR count). The number of ether oxygens (including phenoxy) is 1. The predicted octanol–water partition coefficient (Wildman–Crippen LogP) is 4.84. The van der Waals surface area contributed by atoms with E-state index in [1.54, 1.807) is 13.3 Å². The van der Waals surface area contributed by atoms with Gasteiger partial charge in [0.25, 0.3) is 0 Å². The van der Waals surface area contributed by atoms with E-state index in [1.807, 2.05) is 18.2 Å². The molecule has 0 spiro atoms. The van der Waals surface area contributed by atoms with Gasteiger partial charge >= 0.3 is 0 Å². The van der Waals surface area contributed by atoms with E-state index in [1.165, 1.54) is 30.4 Å². The fraction of sp³-hybridized carbons (Fsp3) is 0.318. The minimum absolute atomic E-state index is 0.783. The number of rotatable bonds is 3. The molecule has 1 aromatic carbocycles. The van der Waals surface area contributed by atoms with Crippen LogP contribution in [0.1, 0.15) is 42.5 Å².